The average Bonchev–Trinajstić information content (AvgIpc) is 2.66. The normalized spacial score (nSPS) is 8.61. The Morgan fingerprint density at radius 1 is 0.696 bits per heavy atom. The molecule has 0 saturated heterocycles. The number of benzene rings is 2. The van der Waals surface area contributed by atoms with Crippen LogP contribution in [0.5, 0.6) is 0 Å². The SMILES string of the molecule is CC.CC.CC.O=c1cc(-c2ccccc2)c2ccccc2o1. The molecule has 3 rings (SSSR count). The van der Waals surface area contributed by atoms with Crippen LogP contribution in [0.2, 0.25) is 0 Å². The molecule has 2 nitrogen and oxygen atoms in total. The summed E-state index contributed by atoms with van der Waals surface area (Å²) >= 11 is 0. The van der Waals surface area contributed by atoms with Crippen molar-refractivity contribution in [1.29, 1.82) is 0 Å². The fourth-order valence-electron chi connectivity index (χ4n) is 1.97. The first-order valence-corrected chi connectivity index (χ1v) is 8.43. The minimum absolute atomic E-state index is 0.317. The first-order valence-electron chi connectivity index (χ1n) is 8.43. The highest BCUT2D eigenvalue weighted by Gasteiger charge is 2.06. The number of fused-ring (bicyclic) bond motifs is 1. The molecule has 0 fully saturated rings. The fraction of sp³-hybridized carbons (Fsp3) is 0.286. The van der Waals surface area contributed by atoms with Crippen LogP contribution < -0.4 is 5.63 Å². The van der Waals surface area contributed by atoms with Crippen LogP contribution in [0.1, 0.15) is 41.5 Å². The van der Waals surface area contributed by atoms with E-state index in [1.165, 1.54) is 6.07 Å². The Bertz CT molecular complexity index is 712. The molecule has 0 amide bonds. The van der Waals surface area contributed by atoms with E-state index in [2.05, 4.69) is 0 Å². The summed E-state index contributed by atoms with van der Waals surface area (Å²) in [6, 6.07) is 19.0. The van der Waals surface area contributed by atoms with Gasteiger partial charge in [-0.05, 0) is 17.2 Å². The molecule has 1 heterocycles. The van der Waals surface area contributed by atoms with Crippen LogP contribution in [0.4, 0.5) is 0 Å². The highest BCUT2D eigenvalue weighted by molar-refractivity contribution is 5.92. The van der Waals surface area contributed by atoms with E-state index in [4.69, 9.17) is 4.42 Å². The lowest BCUT2D eigenvalue weighted by atomic mass is 10.0. The van der Waals surface area contributed by atoms with Gasteiger partial charge in [-0.2, -0.15) is 0 Å². The van der Waals surface area contributed by atoms with Crippen molar-refractivity contribution in [1.82, 2.24) is 0 Å². The van der Waals surface area contributed by atoms with E-state index >= 15 is 0 Å². The number of hydrogen-bond acceptors (Lipinski definition) is 2. The van der Waals surface area contributed by atoms with Crippen LogP contribution in [-0.2, 0) is 0 Å². The first kappa shape index (κ1) is 20.6. The molecular weight excluding hydrogens is 284 g/mol. The van der Waals surface area contributed by atoms with E-state index in [9.17, 15) is 4.79 Å². The molecule has 3 aromatic rings. The molecule has 0 radical (unpaired) electrons. The van der Waals surface area contributed by atoms with Gasteiger partial charge in [-0.15, -0.1) is 0 Å². The van der Waals surface area contributed by atoms with Gasteiger partial charge in [0, 0.05) is 11.5 Å². The van der Waals surface area contributed by atoms with Crippen molar-refractivity contribution in [3.05, 3.63) is 71.1 Å². The molecule has 0 N–H and O–H groups in total. The smallest absolute Gasteiger partial charge is 0.336 e. The zero-order valence-electron chi connectivity index (χ0n) is 15.1. The summed E-state index contributed by atoms with van der Waals surface area (Å²) in [4.78, 5) is 11.5. The number of rotatable bonds is 1. The fourth-order valence-corrected chi connectivity index (χ4v) is 1.97. The Kier molecular flexibility index (Phi) is 11.0. The van der Waals surface area contributed by atoms with Crippen molar-refractivity contribution < 1.29 is 4.42 Å². The molecule has 0 unspecified atom stereocenters. The molecule has 1 aromatic heterocycles. The second kappa shape index (κ2) is 12.2. The zero-order chi connectivity index (χ0) is 17.7. The van der Waals surface area contributed by atoms with Gasteiger partial charge in [0.05, 0.1) is 0 Å². The van der Waals surface area contributed by atoms with Gasteiger partial charge < -0.3 is 4.42 Å². The third-order valence-electron chi connectivity index (χ3n) is 2.73. The monoisotopic (exact) mass is 312 g/mol. The Labute approximate surface area is 139 Å². The summed E-state index contributed by atoms with van der Waals surface area (Å²) in [5.41, 5.74) is 2.25. The maximum Gasteiger partial charge on any atom is 0.336 e. The molecular formula is C21H28O2. The highest BCUT2D eigenvalue weighted by atomic mass is 16.4. The molecule has 2 aromatic carbocycles. The second-order valence-electron chi connectivity index (χ2n) is 3.84. The Hall–Kier alpha value is -2.35. The highest BCUT2D eigenvalue weighted by Crippen LogP contribution is 2.26. The van der Waals surface area contributed by atoms with Gasteiger partial charge in [0.15, 0.2) is 0 Å². The third-order valence-corrected chi connectivity index (χ3v) is 2.73. The molecule has 124 valence electrons. The van der Waals surface area contributed by atoms with E-state index in [0.29, 0.717) is 5.58 Å². The van der Waals surface area contributed by atoms with Crippen molar-refractivity contribution in [2.24, 2.45) is 0 Å². The lowest BCUT2D eigenvalue weighted by Gasteiger charge is -2.04. The van der Waals surface area contributed by atoms with Crippen LogP contribution in [0.3, 0.4) is 0 Å². The molecule has 0 atom stereocenters. The quantitative estimate of drug-likeness (QED) is 0.478. The summed E-state index contributed by atoms with van der Waals surface area (Å²) in [5, 5.41) is 0.957. The Morgan fingerprint density at radius 2 is 1.22 bits per heavy atom. The van der Waals surface area contributed by atoms with E-state index in [0.717, 1.165) is 16.5 Å². The molecule has 0 saturated carbocycles. The average molecular weight is 312 g/mol. The maximum atomic E-state index is 11.5. The molecule has 0 aliphatic carbocycles. The largest absolute Gasteiger partial charge is 0.423 e. The van der Waals surface area contributed by atoms with Crippen molar-refractivity contribution in [3.8, 4) is 11.1 Å². The lowest BCUT2D eigenvalue weighted by Crippen LogP contribution is -1.97. The van der Waals surface area contributed by atoms with Gasteiger partial charge in [0.1, 0.15) is 5.58 Å². The van der Waals surface area contributed by atoms with E-state index in [1.54, 1.807) is 0 Å². The van der Waals surface area contributed by atoms with Crippen molar-refractivity contribution in [2.45, 2.75) is 41.5 Å². The van der Waals surface area contributed by atoms with Crippen molar-refractivity contribution in [3.63, 3.8) is 0 Å². The molecule has 23 heavy (non-hydrogen) atoms. The van der Waals surface area contributed by atoms with Gasteiger partial charge in [0.25, 0.3) is 0 Å². The number of hydrogen-bond donors (Lipinski definition) is 0. The molecule has 0 spiro atoms. The van der Waals surface area contributed by atoms with Crippen molar-refractivity contribution >= 4 is 11.0 Å². The topological polar surface area (TPSA) is 30.2 Å². The Morgan fingerprint density at radius 3 is 1.83 bits per heavy atom. The summed E-state index contributed by atoms with van der Waals surface area (Å²) < 4.78 is 5.17. The summed E-state index contributed by atoms with van der Waals surface area (Å²) in [6.07, 6.45) is 0. The molecule has 2 heteroatoms. The van der Waals surface area contributed by atoms with E-state index < -0.39 is 0 Å². The van der Waals surface area contributed by atoms with Gasteiger partial charge in [-0.1, -0.05) is 90.1 Å². The predicted molar refractivity (Wildman–Crippen MR) is 102 cm³/mol. The zero-order valence-corrected chi connectivity index (χ0v) is 15.1. The van der Waals surface area contributed by atoms with E-state index in [-0.39, 0.29) is 5.63 Å². The van der Waals surface area contributed by atoms with Crippen molar-refractivity contribution in [2.75, 3.05) is 0 Å². The molecule has 0 bridgehead atoms. The van der Waals surface area contributed by atoms with Gasteiger partial charge >= 0.3 is 5.63 Å². The molecule has 0 aliphatic rings. The predicted octanol–water partition coefficient (Wildman–Crippen LogP) is 6.54. The van der Waals surface area contributed by atoms with Gasteiger partial charge in [-0.3, -0.25) is 0 Å². The summed E-state index contributed by atoms with van der Waals surface area (Å²) in [6.45, 7) is 12.0. The lowest BCUT2D eigenvalue weighted by molar-refractivity contribution is 0.561. The third kappa shape index (κ3) is 5.74. The summed E-state index contributed by atoms with van der Waals surface area (Å²) in [7, 11) is 0. The van der Waals surface area contributed by atoms with Crippen LogP contribution in [0.25, 0.3) is 22.1 Å². The minimum Gasteiger partial charge on any atom is -0.423 e. The summed E-state index contributed by atoms with van der Waals surface area (Å²) in [5.74, 6) is 0. The number of para-hydroxylation sites is 1. The van der Waals surface area contributed by atoms with Crippen LogP contribution in [0.15, 0.2) is 69.9 Å². The van der Waals surface area contributed by atoms with Gasteiger partial charge in [0.2, 0.25) is 0 Å². The standard InChI is InChI=1S/C15H10O2.3C2H6/c16-15-10-13(11-6-2-1-3-7-11)12-8-4-5-9-14(12)17-15;3*1-2/h1-10H;3*1-2H3. The Balaban J connectivity index is 0.000000728. The minimum atomic E-state index is -0.317. The maximum absolute atomic E-state index is 11.5. The van der Waals surface area contributed by atoms with Crippen LogP contribution >= 0.6 is 0 Å². The molecule has 0 aliphatic heterocycles. The second-order valence-corrected chi connectivity index (χ2v) is 3.84. The first-order chi connectivity index (χ1) is 11.3. The van der Waals surface area contributed by atoms with E-state index in [1.807, 2.05) is 96.1 Å². The van der Waals surface area contributed by atoms with Gasteiger partial charge in [-0.25, -0.2) is 4.79 Å². The van der Waals surface area contributed by atoms with Crippen LogP contribution in [-0.4, -0.2) is 0 Å². The van der Waals surface area contributed by atoms with Crippen LogP contribution in [0, 0.1) is 0 Å².